The number of nitrogens with one attached hydrogen (secondary N) is 3. The highest BCUT2D eigenvalue weighted by Crippen LogP contribution is 2.65. The van der Waals surface area contributed by atoms with Crippen molar-refractivity contribution in [2.24, 2.45) is 28.6 Å². The number of nitrogens with zero attached hydrogens (tertiary/aromatic N) is 2. The molecular formula is C31H41N5O6. The summed E-state index contributed by atoms with van der Waals surface area (Å²) in [4.78, 5) is 55.1. The fraction of sp³-hybridized carbons (Fsp3) is 0.645. The lowest BCUT2D eigenvalue weighted by molar-refractivity contribution is -0.147. The zero-order chi connectivity index (χ0) is 30.6. The molecule has 2 unspecified atom stereocenters. The number of nitriles is 1. The Morgan fingerprint density at radius 1 is 1.19 bits per heavy atom. The second-order valence-electron chi connectivity index (χ2n) is 13.7. The number of para-hydroxylation sites is 2. The van der Waals surface area contributed by atoms with E-state index in [9.17, 15) is 24.4 Å². The van der Waals surface area contributed by atoms with Gasteiger partial charge < -0.3 is 30.3 Å². The Hall–Kier alpha value is -3.65. The van der Waals surface area contributed by atoms with Gasteiger partial charge in [0.15, 0.2) is 6.10 Å². The Balaban J connectivity index is 1.29. The number of rotatable bonds is 8. The van der Waals surface area contributed by atoms with Crippen LogP contribution in [0.2, 0.25) is 0 Å². The molecule has 0 bridgehead atoms. The first-order valence-corrected chi connectivity index (χ1v) is 14.7. The van der Waals surface area contributed by atoms with E-state index in [4.69, 9.17) is 9.47 Å². The van der Waals surface area contributed by atoms with Crippen molar-refractivity contribution in [3.63, 3.8) is 0 Å². The number of hydrogen-bond donors (Lipinski definition) is 3. The van der Waals surface area contributed by atoms with Crippen LogP contribution in [0.4, 0.5) is 5.69 Å². The largest absolute Gasteiger partial charge is 0.478 e. The number of benzene rings is 1. The summed E-state index contributed by atoms with van der Waals surface area (Å²) in [6.45, 7) is 10.2. The van der Waals surface area contributed by atoms with Gasteiger partial charge in [-0.1, -0.05) is 46.8 Å². The summed E-state index contributed by atoms with van der Waals surface area (Å²) in [6, 6.07) is 6.47. The van der Waals surface area contributed by atoms with Gasteiger partial charge in [0, 0.05) is 26.0 Å². The van der Waals surface area contributed by atoms with E-state index in [0.29, 0.717) is 30.8 Å². The molecule has 11 heteroatoms. The first-order chi connectivity index (χ1) is 19.8. The van der Waals surface area contributed by atoms with Crippen LogP contribution in [0, 0.1) is 39.9 Å². The minimum atomic E-state index is -1.01. The zero-order valence-corrected chi connectivity index (χ0v) is 25.1. The lowest BCUT2D eigenvalue weighted by Gasteiger charge is -2.40. The van der Waals surface area contributed by atoms with E-state index in [0.717, 1.165) is 0 Å². The Labute approximate surface area is 246 Å². The number of carbonyl (C=O) groups excluding carboxylic acids is 4. The van der Waals surface area contributed by atoms with E-state index in [-0.39, 0.29) is 47.5 Å². The van der Waals surface area contributed by atoms with Crippen LogP contribution in [0.3, 0.4) is 0 Å². The second kappa shape index (κ2) is 10.9. The minimum absolute atomic E-state index is 0.0505. The van der Waals surface area contributed by atoms with E-state index < -0.39 is 41.5 Å². The van der Waals surface area contributed by atoms with Crippen LogP contribution < -0.4 is 20.7 Å². The van der Waals surface area contributed by atoms with Gasteiger partial charge >= 0.3 is 0 Å². The van der Waals surface area contributed by atoms with Gasteiger partial charge in [-0.15, -0.1) is 0 Å². The van der Waals surface area contributed by atoms with Crippen molar-refractivity contribution in [1.29, 1.82) is 5.26 Å². The third-order valence-corrected chi connectivity index (χ3v) is 9.59. The zero-order valence-electron chi connectivity index (χ0n) is 25.1. The molecule has 6 atom stereocenters. The number of amides is 4. The molecule has 0 aromatic heterocycles. The van der Waals surface area contributed by atoms with Crippen molar-refractivity contribution in [2.45, 2.75) is 84.2 Å². The maximum absolute atomic E-state index is 14.1. The summed E-state index contributed by atoms with van der Waals surface area (Å²) >= 11 is 0. The maximum atomic E-state index is 14.1. The van der Waals surface area contributed by atoms with E-state index in [1.165, 1.54) is 0 Å². The fourth-order valence-electron chi connectivity index (χ4n) is 6.72. The molecule has 2 heterocycles. The molecule has 2 saturated carbocycles. The summed E-state index contributed by atoms with van der Waals surface area (Å²) in [6.07, 6.45) is 0.277. The molecule has 11 nitrogen and oxygen atoms in total. The Kier molecular flexibility index (Phi) is 7.73. The van der Waals surface area contributed by atoms with Crippen molar-refractivity contribution in [3.8, 4) is 11.8 Å². The average molecular weight is 580 g/mol. The lowest BCUT2D eigenvalue weighted by Crippen LogP contribution is -2.61. The monoisotopic (exact) mass is 579 g/mol. The molecule has 5 rings (SSSR count). The SMILES string of the molecule is COC1CC(C(=O)NC(C(=O)N2C[C@H]3[C@@H]([C@H]2C(=O)NC(C#N)C[C@@H]2Oc4ccccc4NC2=O)C3(C)C)C(C)(C)C)C1. The Morgan fingerprint density at radius 3 is 2.52 bits per heavy atom. The summed E-state index contributed by atoms with van der Waals surface area (Å²) < 4.78 is 11.1. The van der Waals surface area contributed by atoms with Gasteiger partial charge in [0.05, 0.1) is 17.9 Å². The van der Waals surface area contributed by atoms with Gasteiger partial charge in [-0.3, -0.25) is 19.2 Å². The summed E-state index contributed by atoms with van der Waals surface area (Å²) in [5.41, 5.74) is -0.189. The molecule has 3 fully saturated rings. The molecule has 1 aromatic carbocycles. The van der Waals surface area contributed by atoms with E-state index >= 15 is 0 Å². The maximum Gasteiger partial charge on any atom is 0.265 e. The normalized spacial score (nSPS) is 30.2. The number of likely N-dealkylation sites (tertiary alicyclic amines) is 1. The molecule has 2 aliphatic carbocycles. The second-order valence-corrected chi connectivity index (χ2v) is 13.7. The highest BCUT2D eigenvalue weighted by Gasteiger charge is 2.70. The summed E-state index contributed by atoms with van der Waals surface area (Å²) in [7, 11) is 1.62. The molecule has 0 radical (unpaired) electrons. The smallest absolute Gasteiger partial charge is 0.265 e. The topological polar surface area (TPSA) is 150 Å². The van der Waals surface area contributed by atoms with Gasteiger partial charge in [0.1, 0.15) is 23.9 Å². The van der Waals surface area contributed by atoms with Crippen LogP contribution in [0.5, 0.6) is 5.75 Å². The van der Waals surface area contributed by atoms with Crippen LogP contribution in [0.15, 0.2) is 24.3 Å². The van der Waals surface area contributed by atoms with Gasteiger partial charge in [0.2, 0.25) is 17.7 Å². The van der Waals surface area contributed by atoms with Gasteiger partial charge in [-0.25, -0.2) is 0 Å². The van der Waals surface area contributed by atoms with E-state index in [1.807, 2.05) is 20.8 Å². The van der Waals surface area contributed by atoms with Gasteiger partial charge in [-0.2, -0.15) is 5.26 Å². The van der Waals surface area contributed by atoms with Crippen molar-refractivity contribution < 1.29 is 28.7 Å². The van der Waals surface area contributed by atoms with Crippen molar-refractivity contribution in [2.75, 3.05) is 19.0 Å². The highest BCUT2D eigenvalue weighted by atomic mass is 16.5. The Morgan fingerprint density at radius 2 is 1.88 bits per heavy atom. The lowest BCUT2D eigenvalue weighted by atomic mass is 9.80. The first-order valence-electron chi connectivity index (χ1n) is 14.7. The number of carbonyl (C=O) groups is 4. The molecule has 42 heavy (non-hydrogen) atoms. The first kappa shape index (κ1) is 29.8. The molecular weight excluding hydrogens is 538 g/mol. The highest BCUT2D eigenvalue weighted by molar-refractivity contribution is 5.98. The quantitative estimate of drug-likeness (QED) is 0.427. The standard InChI is InChI=1S/C31H41N5O6/c1-30(2,3)25(35-26(37)16-11-18(12-16)41-6)29(40)36-15-19-23(31(19,4)5)24(36)28(39)33-17(14-32)13-22-27(38)34-20-9-7-8-10-21(20)42-22/h7-10,16-19,22-25H,11-13,15H2,1-6H3,(H,33,39)(H,34,38)(H,35,37)/t16?,17?,18?,19-,22-,23-,24-,25?/m0/s1. The molecule has 1 aromatic rings. The van der Waals surface area contributed by atoms with E-state index in [2.05, 4.69) is 35.9 Å². The number of ether oxygens (including phenoxy) is 2. The van der Waals surface area contributed by atoms with Crippen molar-refractivity contribution in [1.82, 2.24) is 15.5 Å². The molecule has 226 valence electrons. The number of fused-ring (bicyclic) bond motifs is 2. The Bertz CT molecular complexity index is 1310. The van der Waals surface area contributed by atoms with Crippen molar-refractivity contribution in [3.05, 3.63) is 24.3 Å². The number of anilines is 1. The fourth-order valence-corrected chi connectivity index (χ4v) is 6.72. The average Bonchev–Trinajstić information content (AvgIpc) is 3.21. The van der Waals surface area contributed by atoms with Crippen LogP contribution >= 0.6 is 0 Å². The van der Waals surface area contributed by atoms with E-state index in [1.54, 1.807) is 36.3 Å². The van der Waals surface area contributed by atoms with Crippen LogP contribution in [0.1, 0.15) is 53.9 Å². The number of piperidine rings is 1. The van der Waals surface area contributed by atoms with Gasteiger partial charge in [-0.05, 0) is 47.6 Å². The molecule has 4 aliphatic rings. The summed E-state index contributed by atoms with van der Waals surface area (Å²) in [5, 5.41) is 18.5. The predicted molar refractivity (Wildman–Crippen MR) is 153 cm³/mol. The summed E-state index contributed by atoms with van der Waals surface area (Å²) in [5.74, 6) is -0.975. The minimum Gasteiger partial charge on any atom is -0.478 e. The van der Waals surface area contributed by atoms with Crippen LogP contribution in [0.25, 0.3) is 0 Å². The van der Waals surface area contributed by atoms with Gasteiger partial charge in [0.25, 0.3) is 5.91 Å². The molecule has 1 saturated heterocycles. The molecule has 2 aliphatic heterocycles. The van der Waals surface area contributed by atoms with Crippen LogP contribution in [-0.4, -0.2) is 72.5 Å². The third-order valence-electron chi connectivity index (χ3n) is 9.59. The third kappa shape index (κ3) is 5.44. The molecule has 0 spiro atoms. The van der Waals surface area contributed by atoms with Crippen molar-refractivity contribution >= 4 is 29.3 Å². The number of methoxy groups -OCH3 is 1. The predicted octanol–water partition coefficient (Wildman–Crippen LogP) is 2.22. The molecule has 3 N–H and O–H groups in total. The molecule has 4 amide bonds. The number of hydrogen-bond acceptors (Lipinski definition) is 7. The van der Waals surface area contributed by atoms with Crippen LogP contribution in [-0.2, 0) is 23.9 Å².